The van der Waals surface area contributed by atoms with E-state index in [1.807, 2.05) is 0 Å². The molecule has 152 valence electrons. The number of sulfonamides is 1. The van der Waals surface area contributed by atoms with E-state index in [0.717, 1.165) is 11.3 Å². The van der Waals surface area contributed by atoms with Gasteiger partial charge < -0.3 is 15.0 Å². The van der Waals surface area contributed by atoms with Gasteiger partial charge in [-0.15, -0.1) is 11.3 Å². The Morgan fingerprint density at radius 2 is 1.93 bits per heavy atom. The molecule has 1 aromatic carbocycles. The van der Waals surface area contributed by atoms with Crippen LogP contribution in [0.15, 0.2) is 51.6 Å². The van der Waals surface area contributed by atoms with Gasteiger partial charge in [-0.2, -0.15) is 4.31 Å². The molecule has 1 aliphatic rings. The van der Waals surface area contributed by atoms with E-state index in [1.165, 1.54) is 10.5 Å². The third kappa shape index (κ3) is 3.97. The molecule has 2 aromatic heterocycles. The number of aromatic amines is 1. The molecule has 3 aromatic rings. The van der Waals surface area contributed by atoms with Gasteiger partial charge in [0.15, 0.2) is 0 Å². The van der Waals surface area contributed by atoms with Crippen molar-refractivity contribution in [1.82, 2.24) is 14.6 Å². The third-order valence-electron chi connectivity index (χ3n) is 4.66. The number of nitrogens with zero attached hydrogens (tertiary/aromatic N) is 1. The Morgan fingerprint density at radius 1 is 1.17 bits per heavy atom. The van der Waals surface area contributed by atoms with Gasteiger partial charge in [0.1, 0.15) is 9.77 Å². The number of para-hydroxylation sites is 1. The van der Waals surface area contributed by atoms with E-state index >= 15 is 0 Å². The van der Waals surface area contributed by atoms with Gasteiger partial charge >= 0.3 is 0 Å². The average Bonchev–Trinajstić information content (AvgIpc) is 3.23. The molecule has 1 aliphatic heterocycles. The minimum absolute atomic E-state index is 0.0152. The van der Waals surface area contributed by atoms with E-state index < -0.39 is 15.9 Å². The summed E-state index contributed by atoms with van der Waals surface area (Å²) >= 11 is 1.11. The summed E-state index contributed by atoms with van der Waals surface area (Å²) in [4.78, 5) is 28.6. The van der Waals surface area contributed by atoms with Crippen molar-refractivity contribution in [3.05, 3.63) is 63.3 Å². The van der Waals surface area contributed by atoms with Gasteiger partial charge in [0.25, 0.3) is 15.9 Å². The van der Waals surface area contributed by atoms with Crippen molar-refractivity contribution in [3.8, 4) is 0 Å². The smallest absolute Gasteiger partial charge is 0.257 e. The summed E-state index contributed by atoms with van der Waals surface area (Å²) in [5.41, 5.74) is 0.324. The lowest BCUT2D eigenvalue weighted by molar-refractivity contribution is 0.0731. The molecule has 3 heterocycles. The maximum atomic E-state index is 12.7. The van der Waals surface area contributed by atoms with Crippen LogP contribution in [0.4, 0.5) is 0 Å². The quantitative estimate of drug-likeness (QED) is 0.635. The van der Waals surface area contributed by atoms with Crippen LogP contribution in [0.1, 0.15) is 15.2 Å². The fourth-order valence-electron chi connectivity index (χ4n) is 3.10. The molecule has 0 bridgehead atoms. The molecule has 0 atom stereocenters. The number of H-pyrrole nitrogens is 1. The van der Waals surface area contributed by atoms with Gasteiger partial charge in [0.05, 0.1) is 19.8 Å². The number of morpholine rings is 1. The third-order valence-corrected chi connectivity index (χ3v) is 8.11. The molecule has 0 saturated carbocycles. The Balaban J connectivity index is 1.47. The summed E-state index contributed by atoms with van der Waals surface area (Å²) in [7, 11) is -3.56. The molecule has 29 heavy (non-hydrogen) atoms. The fraction of sp³-hybridized carbons (Fsp3) is 0.263. The Morgan fingerprint density at radius 3 is 2.72 bits per heavy atom. The summed E-state index contributed by atoms with van der Waals surface area (Å²) in [6.07, 6.45) is 1.39. The molecule has 8 nitrogen and oxygen atoms in total. The molecule has 0 spiro atoms. The minimum Gasteiger partial charge on any atom is -0.379 e. The van der Waals surface area contributed by atoms with Crippen molar-refractivity contribution in [2.24, 2.45) is 0 Å². The van der Waals surface area contributed by atoms with Crippen LogP contribution in [0, 0.1) is 0 Å². The van der Waals surface area contributed by atoms with E-state index in [4.69, 9.17) is 4.74 Å². The van der Waals surface area contributed by atoms with Gasteiger partial charge in [0, 0.05) is 35.1 Å². The number of hydrogen-bond donors (Lipinski definition) is 2. The molecular weight excluding hydrogens is 414 g/mol. The predicted octanol–water partition coefficient (Wildman–Crippen LogP) is 1.54. The highest BCUT2D eigenvalue weighted by Gasteiger charge is 2.27. The molecule has 10 heteroatoms. The second-order valence-corrected chi connectivity index (χ2v) is 9.83. The maximum absolute atomic E-state index is 12.7. The highest BCUT2D eigenvalue weighted by molar-refractivity contribution is 7.91. The lowest BCUT2D eigenvalue weighted by atomic mass is 10.1. The summed E-state index contributed by atoms with van der Waals surface area (Å²) in [6, 6.07) is 10.2. The first-order valence-electron chi connectivity index (χ1n) is 9.02. The monoisotopic (exact) mass is 433 g/mol. The van der Waals surface area contributed by atoms with Crippen LogP contribution in [-0.4, -0.2) is 49.9 Å². The van der Waals surface area contributed by atoms with Gasteiger partial charge in [-0.25, -0.2) is 8.42 Å². The number of carbonyl (C=O) groups excluding carboxylic acids is 1. The number of benzene rings is 1. The molecule has 1 amide bonds. The second kappa shape index (κ2) is 8.07. The van der Waals surface area contributed by atoms with Crippen LogP contribution in [0.2, 0.25) is 0 Å². The largest absolute Gasteiger partial charge is 0.379 e. The molecule has 0 aliphatic carbocycles. The number of ether oxygens (including phenoxy) is 1. The SMILES string of the molecule is O=C(NCc1ccc(S(=O)(=O)N2CCOCC2)s1)c1c[nH]c2ccccc2c1=O. The summed E-state index contributed by atoms with van der Waals surface area (Å²) < 4.78 is 32.2. The number of aromatic nitrogens is 1. The fourth-order valence-corrected chi connectivity index (χ4v) is 5.96. The molecule has 2 N–H and O–H groups in total. The standard InChI is InChI=1S/C19H19N3O5S2/c23-18-14-3-1-2-4-16(14)20-12-15(18)19(24)21-11-13-5-6-17(28-13)29(25,26)22-7-9-27-10-8-22/h1-6,12H,7-11H2,(H,20,23)(H,21,24). The van der Waals surface area contributed by atoms with Crippen molar-refractivity contribution >= 4 is 38.2 Å². The molecule has 1 fully saturated rings. The predicted molar refractivity (Wildman–Crippen MR) is 110 cm³/mol. The van der Waals surface area contributed by atoms with Crippen molar-refractivity contribution in [3.63, 3.8) is 0 Å². The number of rotatable bonds is 5. The van der Waals surface area contributed by atoms with E-state index in [-0.39, 0.29) is 21.7 Å². The van der Waals surface area contributed by atoms with Gasteiger partial charge in [-0.1, -0.05) is 12.1 Å². The first-order chi connectivity index (χ1) is 14.0. The molecule has 1 saturated heterocycles. The lowest BCUT2D eigenvalue weighted by Crippen LogP contribution is -2.40. The zero-order chi connectivity index (χ0) is 20.4. The Bertz CT molecular complexity index is 1210. The van der Waals surface area contributed by atoms with Crippen LogP contribution in [0.25, 0.3) is 10.9 Å². The van der Waals surface area contributed by atoms with Gasteiger partial charge in [0.2, 0.25) is 5.43 Å². The summed E-state index contributed by atoms with van der Waals surface area (Å²) in [5, 5.41) is 3.13. The van der Waals surface area contributed by atoms with Crippen molar-refractivity contribution in [2.45, 2.75) is 10.8 Å². The number of amides is 1. The van der Waals surface area contributed by atoms with Crippen LogP contribution >= 0.6 is 11.3 Å². The number of hydrogen-bond acceptors (Lipinski definition) is 6. The maximum Gasteiger partial charge on any atom is 0.257 e. The topological polar surface area (TPSA) is 109 Å². The molecule has 0 unspecified atom stereocenters. The van der Waals surface area contributed by atoms with Crippen molar-refractivity contribution < 1.29 is 17.9 Å². The second-order valence-electron chi connectivity index (χ2n) is 6.50. The first-order valence-corrected chi connectivity index (χ1v) is 11.3. The van der Waals surface area contributed by atoms with E-state index in [2.05, 4.69) is 10.3 Å². The first kappa shape index (κ1) is 19.8. The van der Waals surface area contributed by atoms with Gasteiger partial charge in [-0.05, 0) is 24.3 Å². The van der Waals surface area contributed by atoms with E-state index in [1.54, 1.807) is 36.4 Å². The summed E-state index contributed by atoms with van der Waals surface area (Å²) in [6.45, 7) is 1.56. The van der Waals surface area contributed by atoms with E-state index in [0.29, 0.717) is 42.1 Å². The molecule has 0 radical (unpaired) electrons. The Labute approximate surface area is 171 Å². The summed E-state index contributed by atoms with van der Waals surface area (Å²) in [5.74, 6) is -0.511. The zero-order valence-corrected chi connectivity index (χ0v) is 17.0. The minimum atomic E-state index is -3.56. The number of fused-ring (bicyclic) bond motifs is 1. The number of pyridine rings is 1. The van der Waals surface area contributed by atoms with Crippen LogP contribution in [0.3, 0.4) is 0 Å². The number of carbonyl (C=O) groups is 1. The average molecular weight is 434 g/mol. The van der Waals surface area contributed by atoms with Crippen molar-refractivity contribution in [1.29, 1.82) is 0 Å². The molecule has 4 rings (SSSR count). The lowest BCUT2D eigenvalue weighted by Gasteiger charge is -2.25. The normalized spacial score (nSPS) is 15.4. The highest BCUT2D eigenvalue weighted by Crippen LogP contribution is 2.25. The zero-order valence-electron chi connectivity index (χ0n) is 15.4. The molecular formula is C19H19N3O5S2. The van der Waals surface area contributed by atoms with Crippen molar-refractivity contribution in [2.75, 3.05) is 26.3 Å². The van der Waals surface area contributed by atoms with Crippen LogP contribution < -0.4 is 10.7 Å². The van der Waals surface area contributed by atoms with Gasteiger partial charge in [-0.3, -0.25) is 9.59 Å². The van der Waals surface area contributed by atoms with Crippen LogP contribution in [-0.2, 0) is 21.3 Å². The Hall–Kier alpha value is -2.53. The Kier molecular flexibility index (Phi) is 5.50. The number of thiophene rings is 1. The van der Waals surface area contributed by atoms with E-state index in [9.17, 15) is 18.0 Å². The number of nitrogens with one attached hydrogen (secondary N) is 2. The highest BCUT2D eigenvalue weighted by atomic mass is 32.2. The van der Waals surface area contributed by atoms with Crippen LogP contribution in [0.5, 0.6) is 0 Å².